The molecule has 0 bridgehead atoms. The van der Waals surface area contributed by atoms with E-state index in [4.69, 9.17) is 5.73 Å². The predicted molar refractivity (Wildman–Crippen MR) is 77.3 cm³/mol. The Morgan fingerprint density at radius 3 is 2.63 bits per heavy atom. The fraction of sp³-hybridized carbons (Fsp3) is 0.231. The number of rotatable bonds is 3. The lowest BCUT2D eigenvalue weighted by Crippen LogP contribution is -2.36. The summed E-state index contributed by atoms with van der Waals surface area (Å²) in [7, 11) is 3.28. The van der Waals surface area contributed by atoms with Gasteiger partial charge in [-0.25, -0.2) is 0 Å². The Morgan fingerprint density at radius 2 is 2.00 bits per heavy atom. The first-order valence-corrected chi connectivity index (χ1v) is 6.57. The van der Waals surface area contributed by atoms with Crippen LogP contribution in [0, 0.1) is 0 Å². The van der Waals surface area contributed by atoms with Crippen LogP contribution in [0.1, 0.15) is 9.67 Å². The molecule has 0 aliphatic carbocycles. The number of carbonyl (C=O) groups is 2. The van der Waals surface area contributed by atoms with Crippen LogP contribution < -0.4 is 11.1 Å². The minimum atomic E-state index is -0.311. The van der Waals surface area contributed by atoms with Crippen LogP contribution in [0.4, 0.5) is 5.69 Å². The summed E-state index contributed by atoms with van der Waals surface area (Å²) in [4.78, 5) is 25.3. The average Bonchev–Trinajstić information content (AvgIpc) is 2.73. The van der Waals surface area contributed by atoms with Gasteiger partial charge in [0.25, 0.3) is 5.91 Å². The van der Waals surface area contributed by atoms with Crippen molar-refractivity contribution in [2.75, 3.05) is 26.4 Å². The molecule has 0 atom stereocenters. The molecule has 2 aromatic rings. The van der Waals surface area contributed by atoms with Crippen LogP contribution in [0.2, 0.25) is 0 Å². The van der Waals surface area contributed by atoms with Gasteiger partial charge < -0.3 is 16.0 Å². The van der Waals surface area contributed by atoms with Crippen molar-refractivity contribution in [3.05, 3.63) is 29.1 Å². The van der Waals surface area contributed by atoms with Crippen molar-refractivity contribution >= 4 is 38.9 Å². The van der Waals surface area contributed by atoms with Crippen molar-refractivity contribution in [1.82, 2.24) is 10.2 Å². The Labute approximate surface area is 115 Å². The molecule has 0 fully saturated rings. The number of nitrogens with two attached hydrogens (primary N) is 1. The maximum absolute atomic E-state index is 12.0. The van der Waals surface area contributed by atoms with Gasteiger partial charge in [-0.3, -0.25) is 9.59 Å². The number of fused-ring (bicyclic) bond motifs is 1. The Morgan fingerprint density at radius 1 is 1.32 bits per heavy atom. The largest absolute Gasteiger partial charge is 0.397 e. The highest BCUT2D eigenvalue weighted by Crippen LogP contribution is 2.33. The summed E-state index contributed by atoms with van der Waals surface area (Å²) in [5.74, 6) is -0.470. The Bertz CT molecular complexity index is 634. The van der Waals surface area contributed by atoms with E-state index in [1.807, 2.05) is 24.3 Å². The molecule has 0 spiro atoms. The van der Waals surface area contributed by atoms with Crippen molar-refractivity contribution in [2.24, 2.45) is 0 Å². The quantitative estimate of drug-likeness (QED) is 0.888. The van der Waals surface area contributed by atoms with Crippen LogP contribution in [-0.4, -0.2) is 37.4 Å². The van der Waals surface area contributed by atoms with E-state index in [0.29, 0.717) is 10.6 Å². The van der Waals surface area contributed by atoms with Gasteiger partial charge in [-0.15, -0.1) is 11.3 Å². The zero-order valence-corrected chi connectivity index (χ0v) is 11.6. The fourth-order valence-corrected chi connectivity index (χ4v) is 2.67. The van der Waals surface area contributed by atoms with E-state index < -0.39 is 0 Å². The van der Waals surface area contributed by atoms with Crippen molar-refractivity contribution in [3.8, 4) is 0 Å². The summed E-state index contributed by atoms with van der Waals surface area (Å²) in [5, 5.41) is 3.45. The van der Waals surface area contributed by atoms with Gasteiger partial charge in [-0.2, -0.15) is 0 Å². The molecule has 0 saturated carbocycles. The summed E-state index contributed by atoms with van der Waals surface area (Å²) in [6, 6.07) is 7.57. The number of benzene rings is 1. The highest BCUT2D eigenvalue weighted by molar-refractivity contribution is 7.21. The van der Waals surface area contributed by atoms with Gasteiger partial charge in [0.05, 0.1) is 12.2 Å². The number of hydrogen-bond donors (Lipinski definition) is 2. The first kappa shape index (κ1) is 13.4. The molecule has 3 N–H and O–H groups in total. The highest BCUT2D eigenvalue weighted by Gasteiger charge is 2.16. The van der Waals surface area contributed by atoms with Gasteiger partial charge in [0, 0.05) is 24.2 Å². The van der Waals surface area contributed by atoms with Crippen LogP contribution >= 0.6 is 11.3 Å². The minimum Gasteiger partial charge on any atom is -0.397 e. The monoisotopic (exact) mass is 277 g/mol. The fourth-order valence-electron chi connectivity index (χ4n) is 1.63. The van der Waals surface area contributed by atoms with E-state index in [-0.39, 0.29) is 18.4 Å². The van der Waals surface area contributed by atoms with Crippen LogP contribution in [0.15, 0.2) is 24.3 Å². The van der Waals surface area contributed by atoms with Crippen molar-refractivity contribution in [3.63, 3.8) is 0 Å². The van der Waals surface area contributed by atoms with E-state index in [1.165, 1.54) is 16.2 Å². The van der Waals surface area contributed by atoms with Crippen molar-refractivity contribution in [2.45, 2.75) is 0 Å². The molecular weight excluding hydrogens is 262 g/mol. The summed E-state index contributed by atoms with van der Waals surface area (Å²) >= 11 is 1.33. The molecule has 1 aromatic heterocycles. The van der Waals surface area contributed by atoms with Gasteiger partial charge in [-0.1, -0.05) is 18.2 Å². The lowest BCUT2D eigenvalue weighted by atomic mass is 10.2. The Balaban J connectivity index is 2.18. The maximum atomic E-state index is 12.0. The van der Waals surface area contributed by atoms with E-state index in [1.54, 1.807) is 14.1 Å². The number of nitrogens with one attached hydrogen (secondary N) is 1. The van der Waals surface area contributed by atoms with Crippen LogP contribution in [0.3, 0.4) is 0 Å². The summed E-state index contributed by atoms with van der Waals surface area (Å²) in [6.07, 6.45) is 0. The molecule has 2 amide bonds. The highest BCUT2D eigenvalue weighted by atomic mass is 32.1. The summed E-state index contributed by atoms with van der Waals surface area (Å²) in [6.45, 7) is -0.0283. The topological polar surface area (TPSA) is 75.4 Å². The molecule has 100 valence electrons. The third kappa shape index (κ3) is 2.68. The molecule has 0 aliphatic rings. The van der Waals surface area contributed by atoms with Crippen LogP contribution in [0.5, 0.6) is 0 Å². The molecule has 1 aromatic carbocycles. The molecule has 2 rings (SSSR count). The number of hydrogen-bond acceptors (Lipinski definition) is 4. The Kier molecular flexibility index (Phi) is 3.71. The molecule has 0 unspecified atom stereocenters. The molecule has 1 heterocycles. The van der Waals surface area contributed by atoms with E-state index in [2.05, 4.69) is 5.32 Å². The standard InChI is InChI=1S/C13H15N3O2S/c1-16(2)10(17)7-15-13(18)12-11(14)8-5-3-4-6-9(8)19-12/h3-6H,7,14H2,1-2H3,(H,15,18). The molecule has 0 saturated heterocycles. The molecule has 6 heteroatoms. The number of likely N-dealkylation sites (N-methyl/N-ethyl adjacent to an activating group) is 1. The van der Waals surface area contributed by atoms with Crippen molar-refractivity contribution < 1.29 is 9.59 Å². The minimum absolute atomic E-state index is 0.0283. The van der Waals surface area contributed by atoms with E-state index in [0.717, 1.165) is 10.1 Å². The lowest BCUT2D eigenvalue weighted by molar-refractivity contribution is -0.127. The second-order valence-corrected chi connectivity index (χ2v) is 5.36. The summed E-state index contributed by atoms with van der Waals surface area (Å²) in [5.41, 5.74) is 6.43. The SMILES string of the molecule is CN(C)C(=O)CNC(=O)c1sc2ccccc2c1N. The molecular formula is C13H15N3O2S. The van der Waals surface area contributed by atoms with E-state index in [9.17, 15) is 9.59 Å². The van der Waals surface area contributed by atoms with E-state index >= 15 is 0 Å². The third-order valence-corrected chi connectivity index (χ3v) is 3.92. The number of amides is 2. The van der Waals surface area contributed by atoms with Crippen LogP contribution in [-0.2, 0) is 4.79 Å². The van der Waals surface area contributed by atoms with Crippen molar-refractivity contribution in [1.29, 1.82) is 0 Å². The second-order valence-electron chi connectivity index (χ2n) is 4.31. The van der Waals surface area contributed by atoms with Gasteiger partial charge in [0.1, 0.15) is 4.88 Å². The number of thiophene rings is 1. The zero-order chi connectivity index (χ0) is 14.0. The molecule has 0 aliphatic heterocycles. The molecule has 5 nitrogen and oxygen atoms in total. The number of nitrogens with zero attached hydrogens (tertiary/aromatic N) is 1. The first-order chi connectivity index (χ1) is 9.00. The third-order valence-electron chi connectivity index (χ3n) is 2.74. The zero-order valence-electron chi connectivity index (χ0n) is 10.8. The number of nitrogen functional groups attached to an aromatic ring is 1. The molecule has 0 radical (unpaired) electrons. The Hall–Kier alpha value is -2.08. The predicted octanol–water partition coefficient (Wildman–Crippen LogP) is 1.30. The smallest absolute Gasteiger partial charge is 0.263 e. The molecule has 19 heavy (non-hydrogen) atoms. The first-order valence-electron chi connectivity index (χ1n) is 5.76. The number of carbonyl (C=O) groups excluding carboxylic acids is 2. The lowest BCUT2D eigenvalue weighted by Gasteiger charge is -2.10. The normalized spacial score (nSPS) is 10.4. The summed E-state index contributed by atoms with van der Waals surface area (Å²) < 4.78 is 0.962. The van der Waals surface area contributed by atoms with Crippen LogP contribution in [0.25, 0.3) is 10.1 Å². The average molecular weight is 277 g/mol. The van der Waals surface area contributed by atoms with Gasteiger partial charge >= 0.3 is 0 Å². The number of anilines is 1. The maximum Gasteiger partial charge on any atom is 0.263 e. The van der Waals surface area contributed by atoms with Gasteiger partial charge in [-0.05, 0) is 6.07 Å². The van der Waals surface area contributed by atoms with Gasteiger partial charge in [0.2, 0.25) is 5.91 Å². The van der Waals surface area contributed by atoms with Gasteiger partial charge in [0.15, 0.2) is 0 Å². The second kappa shape index (κ2) is 5.27.